The Kier molecular flexibility index (Phi) is 8.43. The number of esters is 1. The van der Waals surface area contributed by atoms with Crippen LogP contribution >= 0.6 is 0 Å². The van der Waals surface area contributed by atoms with Gasteiger partial charge in [0.1, 0.15) is 5.75 Å². The second-order valence-electron chi connectivity index (χ2n) is 5.01. The number of ether oxygens (including phenoxy) is 1. The van der Waals surface area contributed by atoms with Crippen LogP contribution in [-0.4, -0.2) is 33.6 Å². The Hall–Kier alpha value is -1.69. The molecule has 0 saturated carbocycles. The first-order valence-electron chi connectivity index (χ1n) is 7.35. The molecule has 0 aliphatic heterocycles. The van der Waals surface area contributed by atoms with Crippen LogP contribution in [-0.2, 0) is 26.1 Å². The summed E-state index contributed by atoms with van der Waals surface area (Å²) in [4.78, 5) is 22.3. The van der Waals surface area contributed by atoms with Crippen LogP contribution < -0.4 is 0 Å². The Balaban J connectivity index is 2.30. The fourth-order valence-electron chi connectivity index (χ4n) is 1.87. The van der Waals surface area contributed by atoms with E-state index in [0.29, 0.717) is 6.61 Å². The quantitative estimate of drug-likeness (QED) is 0.528. The van der Waals surface area contributed by atoms with E-state index in [-0.39, 0.29) is 17.1 Å². The summed E-state index contributed by atoms with van der Waals surface area (Å²) in [6, 6.07) is 6.14. The summed E-state index contributed by atoms with van der Waals surface area (Å²) in [6.45, 7) is 2.49. The maximum absolute atomic E-state index is 11.9. The molecule has 0 amide bonds. The van der Waals surface area contributed by atoms with E-state index in [9.17, 15) is 13.8 Å². The summed E-state index contributed by atoms with van der Waals surface area (Å²) in [5.74, 6) is -1.37. The van der Waals surface area contributed by atoms with Crippen molar-refractivity contribution >= 4 is 22.7 Å². The number of carbonyl (C=O) groups is 2. The third-order valence-corrected chi connectivity index (χ3v) is 4.28. The van der Waals surface area contributed by atoms with Crippen molar-refractivity contribution in [2.45, 2.75) is 38.4 Å². The van der Waals surface area contributed by atoms with Crippen molar-refractivity contribution in [2.24, 2.45) is 0 Å². The first-order valence-corrected chi connectivity index (χ1v) is 8.84. The summed E-state index contributed by atoms with van der Waals surface area (Å²) in [6.07, 6.45) is 4.11. The van der Waals surface area contributed by atoms with Gasteiger partial charge < -0.3 is 9.84 Å². The predicted molar refractivity (Wildman–Crippen MR) is 85.2 cm³/mol. The smallest absolute Gasteiger partial charge is 0.335 e. The van der Waals surface area contributed by atoms with E-state index in [1.54, 1.807) is 12.1 Å². The molecule has 0 radical (unpaired) electrons. The lowest BCUT2D eigenvalue weighted by Gasteiger charge is -2.05. The minimum absolute atomic E-state index is 0.130. The van der Waals surface area contributed by atoms with Gasteiger partial charge in [-0.2, -0.15) is 0 Å². The molecule has 6 heteroatoms. The topological polar surface area (TPSA) is 80.7 Å². The van der Waals surface area contributed by atoms with Gasteiger partial charge in [0.15, 0.2) is 0 Å². The summed E-state index contributed by atoms with van der Waals surface area (Å²) in [5.41, 5.74) is 0.917. The monoisotopic (exact) mass is 326 g/mol. The number of carboxylic acids is 1. The van der Waals surface area contributed by atoms with Gasteiger partial charge in [0, 0.05) is 16.6 Å². The van der Waals surface area contributed by atoms with Crippen LogP contribution in [0, 0.1) is 0 Å². The minimum atomic E-state index is -1.35. The number of carbonyl (C=O) groups excluding carboxylic acids is 1. The zero-order chi connectivity index (χ0) is 16.4. The molecule has 1 atom stereocenters. The number of hydrogen-bond acceptors (Lipinski definition) is 4. The van der Waals surface area contributed by atoms with Gasteiger partial charge in [-0.1, -0.05) is 38.3 Å². The average Bonchev–Trinajstić information content (AvgIpc) is 2.47. The third kappa shape index (κ3) is 7.36. The van der Waals surface area contributed by atoms with E-state index < -0.39 is 22.7 Å². The Morgan fingerprint density at radius 1 is 1.14 bits per heavy atom. The van der Waals surface area contributed by atoms with Gasteiger partial charge in [-0.05, 0) is 24.1 Å². The Bertz CT molecular complexity index is 510. The molecular formula is C16H22O5S. The number of benzene rings is 1. The Morgan fingerprint density at radius 3 is 2.41 bits per heavy atom. The molecule has 0 bridgehead atoms. The molecule has 0 aliphatic rings. The molecule has 0 aromatic heterocycles. The predicted octanol–water partition coefficient (Wildman–Crippen LogP) is 2.76. The van der Waals surface area contributed by atoms with Crippen molar-refractivity contribution in [3.05, 3.63) is 35.4 Å². The highest BCUT2D eigenvalue weighted by molar-refractivity contribution is 7.84. The number of carboxylic acid groups (broad SMARTS) is 1. The van der Waals surface area contributed by atoms with E-state index in [2.05, 4.69) is 6.92 Å². The van der Waals surface area contributed by atoms with Crippen molar-refractivity contribution in [1.29, 1.82) is 0 Å². The molecule has 0 heterocycles. The van der Waals surface area contributed by atoms with Crippen LogP contribution in [0.2, 0.25) is 0 Å². The maximum atomic E-state index is 11.9. The molecule has 5 nitrogen and oxygen atoms in total. The standard InChI is InChI=1S/C16H22O5S/c1-2-3-4-5-10-21-15(17)12-22(20)11-13-6-8-14(9-7-13)16(18)19/h6-9H,2-5,10-12H2,1H3,(H,18,19). The van der Waals surface area contributed by atoms with Gasteiger partial charge in [0.25, 0.3) is 0 Å². The first kappa shape index (κ1) is 18.4. The van der Waals surface area contributed by atoms with Crippen LogP contribution in [0.4, 0.5) is 0 Å². The van der Waals surface area contributed by atoms with E-state index in [0.717, 1.165) is 31.2 Å². The van der Waals surface area contributed by atoms with Crippen LogP contribution in [0.15, 0.2) is 24.3 Å². The van der Waals surface area contributed by atoms with Crippen LogP contribution in [0.1, 0.15) is 48.5 Å². The molecule has 1 unspecified atom stereocenters. The lowest BCUT2D eigenvalue weighted by atomic mass is 10.1. The highest BCUT2D eigenvalue weighted by Crippen LogP contribution is 2.07. The van der Waals surface area contributed by atoms with Gasteiger partial charge in [0.05, 0.1) is 12.2 Å². The first-order chi connectivity index (χ1) is 10.5. The maximum Gasteiger partial charge on any atom is 0.335 e. The summed E-state index contributed by atoms with van der Waals surface area (Å²) in [7, 11) is -1.35. The Morgan fingerprint density at radius 2 is 1.82 bits per heavy atom. The largest absolute Gasteiger partial charge is 0.478 e. The highest BCUT2D eigenvalue weighted by atomic mass is 32.2. The van der Waals surface area contributed by atoms with Crippen LogP contribution in [0.25, 0.3) is 0 Å². The van der Waals surface area contributed by atoms with E-state index in [4.69, 9.17) is 9.84 Å². The number of aromatic carboxylic acids is 1. The highest BCUT2D eigenvalue weighted by Gasteiger charge is 2.10. The molecule has 1 aromatic carbocycles. The van der Waals surface area contributed by atoms with Crippen molar-refractivity contribution in [3.63, 3.8) is 0 Å². The van der Waals surface area contributed by atoms with Gasteiger partial charge in [-0.25, -0.2) is 4.79 Å². The van der Waals surface area contributed by atoms with E-state index in [1.807, 2.05) is 0 Å². The second kappa shape index (κ2) is 10.1. The van der Waals surface area contributed by atoms with Crippen molar-refractivity contribution in [3.8, 4) is 0 Å². The van der Waals surface area contributed by atoms with Gasteiger partial charge >= 0.3 is 11.9 Å². The molecule has 0 saturated heterocycles. The lowest BCUT2D eigenvalue weighted by molar-refractivity contribution is -0.140. The zero-order valence-electron chi connectivity index (χ0n) is 12.7. The normalized spacial score (nSPS) is 11.9. The molecular weight excluding hydrogens is 304 g/mol. The van der Waals surface area contributed by atoms with Crippen LogP contribution in [0.3, 0.4) is 0 Å². The van der Waals surface area contributed by atoms with E-state index >= 15 is 0 Å². The Labute approximate surface area is 133 Å². The third-order valence-electron chi connectivity index (χ3n) is 3.07. The number of rotatable bonds is 10. The number of hydrogen-bond donors (Lipinski definition) is 1. The average molecular weight is 326 g/mol. The van der Waals surface area contributed by atoms with Crippen molar-refractivity contribution < 1.29 is 23.6 Å². The molecule has 1 aromatic rings. The van der Waals surface area contributed by atoms with Crippen LogP contribution in [0.5, 0.6) is 0 Å². The molecule has 122 valence electrons. The SMILES string of the molecule is CCCCCCOC(=O)CS(=O)Cc1ccc(C(=O)O)cc1. The molecule has 1 N–H and O–H groups in total. The molecule has 0 spiro atoms. The summed E-state index contributed by atoms with van der Waals surface area (Å²) < 4.78 is 16.9. The van der Waals surface area contributed by atoms with E-state index in [1.165, 1.54) is 12.1 Å². The van der Waals surface area contributed by atoms with Gasteiger partial charge in [-0.15, -0.1) is 0 Å². The fraction of sp³-hybridized carbons (Fsp3) is 0.500. The van der Waals surface area contributed by atoms with Crippen molar-refractivity contribution in [2.75, 3.05) is 12.4 Å². The number of unbranched alkanes of at least 4 members (excludes halogenated alkanes) is 3. The molecule has 1 rings (SSSR count). The minimum Gasteiger partial charge on any atom is -0.478 e. The molecule has 0 aliphatic carbocycles. The molecule has 0 fully saturated rings. The second-order valence-corrected chi connectivity index (χ2v) is 6.47. The van der Waals surface area contributed by atoms with Gasteiger partial charge in [-0.3, -0.25) is 9.00 Å². The fourth-order valence-corrected chi connectivity index (χ4v) is 2.88. The van der Waals surface area contributed by atoms with Crippen molar-refractivity contribution in [1.82, 2.24) is 0 Å². The summed E-state index contributed by atoms with van der Waals surface area (Å²) in [5, 5.41) is 8.79. The van der Waals surface area contributed by atoms with Gasteiger partial charge in [0.2, 0.25) is 0 Å². The lowest BCUT2D eigenvalue weighted by Crippen LogP contribution is -2.16. The zero-order valence-corrected chi connectivity index (χ0v) is 13.6. The summed E-state index contributed by atoms with van der Waals surface area (Å²) >= 11 is 0. The molecule has 22 heavy (non-hydrogen) atoms.